The molecule has 18 heavy (non-hydrogen) atoms. The molecule has 0 spiro atoms. The van der Waals surface area contributed by atoms with Gasteiger partial charge in [-0.1, -0.05) is 18.2 Å². The van der Waals surface area contributed by atoms with E-state index in [0.717, 1.165) is 5.69 Å². The number of para-hydroxylation sites is 1. The molecule has 0 fully saturated rings. The zero-order valence-electron chi connectivity index (χ0n) is 9.82. The summed E-state index contributed by atoms with van der Waals surface area (Å²) in [6.07, 6.45) is 2.03. The molecular formula is C13H12N2O3. The van der Waals surface area contributed by atoms with E-state index in [1.54, 1.807) is 19.2 Å². The highest BCUT2D eigenvalue weighted by atomic mass is 16.6. The van der Waals surface area contributed by atoms with Gasteiger partial charge in [-0.15, -0.1) is 0 Å². The summed E-state index contributed by atoms with van der Waals surface area (Å²) in [5.74, 6) is 0.329. The third-order valence-corrected chi connectivity index (χ3v) is 2.39. The van der Waals surface area contributed by atoms with Gasteiger partial charge in [0.2, 0.25) is 0 Å². The molecule has 0 N–H and O–H groups in total. The van der Waals surface area contributed by atoms with Crippen LogP contribution in [0.3, 0.4) is 0 Å². The van der Waals surface area contributed by atoms with Crippen LogP contribution in [0.25, 0.3) is 0 Å². The lowest BCUT2D eigenvalue weighted by molar-refractivity contribution is -0.605. The van der Waals surface area contributed by atoms with Gasteiger partial charge < -0.3 is 9.94 Å². The lowest BCUT2D eigenvalue weighted by Gasteiger charge is -2.16. The number of nitrogens with zero attached hydrogens (tertiary/aromatic N) is 2. The summed E-state index contributed by atoms with van der Waals surface area (Å²) in [6.45, 7) is 0. The number of anilines is 1. The first-order valence-electron chi connectivity index (χ1n) is 5.36. The molecule has 0 atom stereocenters. The van der Waals surface area contributed by atoms with Crippen molar-refractivity contribution in [1.82, 2.24) is 0 Å². The zero-order valence-corrected chi connectivity index (χ0v) is 9.82. The molecule has 2 aromatic rings. The van der Waals surface area contributed by atoms with E-state index in [2.05, 4.69) is 0 Å². The van der Waals surface area contributed by atoms with Crippen molar-refractivity contribution in [2.75, 3.05) is 11.9 Å². The number of amides is 1. The second-order valence-corrected chi connectivity index (χ2v) is 3.66. The van der Waals surface area contributed by atoms with E-state index in [1.807, 2.05) is 18.2 Å². The van der Waals surface area contributed by atoms with Gasteiger partial charge in [0.1, 0.15) is 5.75 Å². The molecule has 1 aromatic carbocycles. The van der Waals surface area contributed by atoms with E-state index < -0.39 is 6.09 Å². The molecular weight excluding hydrogens is 232 g/mol. The van der Waals surface area contributed by atoms with Crippen LogP contribution < -0.4 is 14.4 Å². The van der Waals surface area contributed by atoms with Crippen LogP contribution >= 0.6 is 0 Å². The molecule has 1 amide bonds. The first-order chi connectivity index (χ1) is 8.66. The zero-order chi connectivity index (χ0) is 13.0. The van der Waals surface area contributed by atoms with Crippen LogP contribution in [0, 0.1) is 5.21 Å². The summed E-state index contributed by atoms with van der Waals surface area (Å²) in [6, 6.07) is 12.0. The lowest BCUT2D eigenvalue weighted by atomic mass is 10.3. The molecule has 1 aromatic heterocycles. The average molecular weight is 244 g/mol. The molecule has 0 aliphatic rings. The SMILES string of the molecule is CN(C(=O)Oc1cc[n+]([O-])cc1)c1ccccc1. The van der Waals surface area contributed by atoms with Crippen LogP contribution in [0.2, 0.25) is 0 Å². The maximum absolute atomic E-state index is 11.8. The predicted molar refractivity (Wildman–Crippen MR) is 66.3 cm³/mol. The summed E-state index contributed by atoms with van der Waals surface area (Å²) in [5, 5.41) is 10.8. The minimum absolute atomic E-state index is 0.329. The van der Waals surface area contributed by atoms with Crippen molar-refractivity contribution < 1.29 is 14.3 Å². The highest BCUT2D eigenvalue weighted by Crippen LogP contribution is 2.14. The first kappa shape index (κ1) is 11.9. The van der Waals surface area contributed by atoms with Crippen molar-refractivity contribution in [2.45, 2.75) is 0 Å². The number of hydrogen-bond acceptors (Lipinski definition) is 3. The quantitative estimate of drug-likeness (QED) is 0.599. The fourth-order valence-corrected chi connectivity index (χ4v) is 1.39. The fourth-order valence-electron chi connectivity index (χ4n) is 1.39. The van der Waals surface area contributed by atoms with Gasteiger partial charge in [0.25, 0.3) is 0 Å². The second-order valence-electron chi connectivity index (χ2n) is 3.66. The second kappa shape index (κ2) is 5.18. The van der Waals surface area contributed by atoms with Gasteiger partial charge in [0, 0.05) is 24.9 Å². The van der Waals surface area contributed by atoms with E-state index >= 15 is 0 Å². The molecule has 0 aliphatic heterocycles. The van der Waals surface area contributed by atoms with Gasteiger partial charge in [-0.2, -0.15) is 4.73 Å². The Bertz CT molecular complexity index is 526. The minimum atomic E-state index is -0.509. The number of rotatable bonds is 2. The number of benzene rings is 1. The molecule has 0 unspecified atom stereocenters. The Morgan fingerprint density at radius 3 is 2.39 bits per heavy atom. The Morgan fingerprint density at radius 2 is 1.78 bits per heavy atom. The Labute approximate surface area is 104 Å². The maximum atomic E-state index is 11.8. The smallest absolute Gasteiger partial charge is 0.419 e. The Hall–Kier alpha value is -2.56. The molecule has 1 heterocycles. The van der Waals surface area contributed by atoms with Gasteiger partial charge in [0.15, 0.2) is 12.4 Å². The van der Waals surface area contributed by atoms with Crippen molar-refractivity contribution in [2.24, 2.45) is 0 Å². The molecule has 92 valence electrons. The van der Waals surface area contributed by atoms with Crippen molar-refractivity contribution in [3.8, 4) is 5.75 Å². The van der Waals surface area contributed by atoms with Crippen LogP contribution in [0.15, 0.2) is 54.9 Å². The third-order valence-electron chi connectivity index (χ3n) is 2.39. The third kappa shape index (κ3) is 2.76. The molecule has 2 rings (SSSR count). The fraction of sp³-hybridized carbons (Fsp3) is 0.0769. The molecule has 0 radical (unpaired) electrons. The van der Waals surface area contributed by atoms with Gasteiger partial charge in [-0.05, 0) is 12.1 Å². The van der Waals surface area contributed by atoms with E-state index in [0.29, 0.717) is 10.5 Å². The first-order valence-corrected chi connectivity index (χ1v) is 5.36. The molecule has 0 saturated carbocycles. The number of carbonyl (C=O) groups excluding carboxylic acids is 1. The van der Waals surface area contributed by atoms with Crippen LogP contribution in [-0.4, -0.2) is 13.1 Å². The van der Waals surface area contributed by atoms with E-state index in [9.17, 15) is 10.0 Å². The number of aromatic nitrogens is 1. The monoisotopic (exact) mass is 244 g/mol. The Morgan fingerprint density at radius 1 is 1.17 bits per heavy atom. The van der Waals surface area contributed by atoms with Crippen molar-refractivity contribution in [1.29, 1.82) is 0 Å². The van der Waals surface area contributed by atoms with Crippen LogP contribution in [-0.2, 0) is 0 Å². The van der Waals surface area contributed by atoms with Gasteiger partial charge in [-0.3, -0.25) is 4.90 Å². The van der Waals surface area contributed by atoms with E-state index in [-0.39, 0.29) is 0 Å². The van der Waals surface area contributed by atoms with Gasteiger partial charge >= 0.3 is 6.09 Å². The van der Waals surface area contributed by atoms with Gasteiger partial charge in [-0.25, -0.2) is 4.79 Å². The van der Waals surface area contributed by atoms with Crippen molar-refractivity contribution in [3.05, 3.63) is 60.1 Å². The Balaban J connectivity index is 2.06. The standard InChI is InChI=1S/C13H12N2O3/c1-14(11-5-3-2-4-6-11)13(16)18-12-7-9-15(17)10-8-12/h2-10H,1H3. The van der Waals surface area contributed by atoms with E-state index in [4.69, 9.17) is 4.74 Å². The highest BCUT2D eigenvalue weighted by Gasteiger charge is 2.13. The molecule has 5 heteroatoms. The van der Waals surface area contributed by atoms with Crippen LogP contribution in [0.1, 0.15) is 0 Å². The molecule has 0 aliphatic carbocycles. The molecule has 0 bridgehead atoms. The summed E-state index contributed by atoms with van der Waals surface area (Å²) >= 11 is 0. The maximum Gasteiger partial charge on any atom is 0.419 e. The molecule has 5 nitrogen and oxygen atoms in total. The molecule has 0 saturated heterocycles. The van der Waals surface area contributed by atoms with Crippen LogP contribution in [0.5, 0.6) is 5.75 Å². The summed E-state index contributed by atoms with van der Waals surface area (Å²) in [5.41, 5.74) is 0.734. The van der Waals surface area contributed by atoms with Crippen LogP contribution in [0.4, 0.5) is 10.5 Å². The lowest BCUT2D eigenvalue weighted by Crippen LogP contribution is -2.30. The number of pyridine rings is 1. The number of hydrogen-bond donors (Lipinski definition) is 0. The van der Waals surface area contributed by atoms with E-state index in [1.165, 1.54) is 29.4 Å². The average Bonchev–Trinajstić information content (AvgIpc) is 2.41. The van der Waals surface area contributed by atoms with Gasteiger partial charge in [0.05, 0.1) is 0 Å². The predicted octanol–water partition coefficient (Wildman–Crippen LogP) is 1.96. The summed E-state index contributed by atoms with van der Waals surface area (Å²) in [7, 11) is 1.62. The van der Waals surface area contributed by atoms with Crippen molar-refractivity contribution in [3.63, 3.8) is 0 Å². The summed E-state index contributed by atoms with van der Waals surface area (Å²) < 4.78 is 5.74. The number of ether oxygens (including phenoxy) is 1. The normalized spacial score (nSPS) is 9.83. The largest absolute Gasteiger partial charge is 0.619 e. The topological polar surface area (TPSA) is 56.5 Å². The minimum Gasteiger partial charge on any atom is -0.619 e. The Kier molecular flexibility index (Phi) is 3.43. The highest BCUT2D eigenvalue weighted by molar-refractivity contribution is 5.88. The summed E-state index contributed by atoms with van der Waals surface area (Å²) in [4.78, 5) is 13.2. The number of carbonyl (C=O) groups is 1. The van der Waals surface area contributed by atoms with Crippen molar-refractivity contribution >= 4 is 11.8 Å².